The van der Waals surface area contributed by atoms with Gasteiger partial charge >= 0.3 is 5.97 Å². The van der Waals surface area contributed by atoms with E-state index in [1.807, 2.05) is 14.1 Å². The Balaban J connectivity index is 4.13. The number of ether oxygens (including phenoxy) is 1. The van der Waals surface area contributed by atoms with E-state index in [0.29, 0.717) is 0 Å². The third-order valence-electron chi connectivity index (χ3n) is 2.55. The van der Waals surface area contributed by atoms with Crippen molar-refractivity contribution in [2.24, 2.45) is 0 Å². The highest BCUT2D eigenvalue weighted by Crippen LogP contribution is 2.08. The second kappa shape index (κ2) is 8.68. The maximum atomic E-state index is 11.5. The molecule has 0 aliphatic rings. The maximum Gasteiger partial charge on any atom is 0.323 e. The molecule has 0 aromatic rings. The lowest BCUT2D eigenvalue weighted by Crippen LogP contribution is -2.42. The zero-order valence-electron chi connectivity index (χ0n) is 10.4. The van der Waals surface area contributed by atoms with Crippen molar-refractivity contribution in [3.8, 4) is 0 Å². The highest BCUT2D eigenvalue weighted by atomic mass is 16.5. The monoisotopic (exact) mass is 216 g/mol. The van der Waals surface area contributed by atoms with Gasteiger partial charge in [0.05, 0.1) is 7.11 Å². The second-order valence-electron chi connectivity index (χ2n) is 3.77. The lowest BCUT2D eigenvalue weighted by molar-refractivity contribution is -0.146. The van der Waals surface area contributed by atoms with Crippen molar-refractivity contribution < 1.29 is 9.53 Å². The van der Waals surface area contributed by atoms with E-state index in [2.05, 4.69) is 17.1 Å². The first-order chi connectivity index (χ1) is 7.17. The fraction of sp³-hybridized carbons (Fsp3) is 0.909. The number of likely N-dealkylation sites (N-methyl/N-ethyl adjacent to an activating group) is 2. The molecule has 0 rings (SSSR count). The molecule has 0 saturated heterocycles. The summed E-state index contributed by atoms with van der Waals surface area (Å²) in [6.45, 7) is 3.87. The van der Waals surface area contributed by atoms with Crippen molar-refractivity contribution in [2.75, 3.05) is 34.3 Å². The molecule has 0 bridgehead atoms. The summed E-state index contributed by atoms with van der Waals surface area (Å²) in [6.07, 6.45) is 3.04. The normalized spacial score (nSPS) is 12.9. The Morgan fingerprint density at radius 3 is 2.67 bits per heavy atom. The van der Waals surface area contributed by atoms with Crippen molar-refractivity contribution in [2.45, 2.75) is 32.2 Å². The first-order valence-electron chi connectivity index (χ1n) is 5.60. The average Bonchev–Trinajstić information content (AvgIpc) is 2.26. The SMILES string of the molecule is CCCCC(C(=O)OC)N(C)CCNC. The number of hydrogen-bond acceptors (Lipinski definition) is 4. The summed E-state index contributed by atoms with van der Waals surface area (Å²) in [6, 6.07) is -0.0942. The Morgan fingerprint density at radius 1 is 1.53 bits per heavy atom. The van der Waals surface area contributed by atoms with Gasteiger partial charge in [0.2, 0.25) is 0 Å². The molecule has 1 unspecified atom stereocenters. The molecular weight excluding hydrogens is 192 g/mol. The van der Waals surface area contributed by atoms with E-state index < -0.39 is 0 Å². The first-order valence-corrected chi connectivity index (χ1v) is 5.60. The van der Waals surface area contributed by atoms with Gasteiger partial charge in [-0.2, -0.15) is 0 Å². The minimum Gasteiger partial charge on any atom is -0.468 e. The quantitative estimate of drug-likeness (QED) is 0.611. The lowest BCUT2D eigenvalue weighted by atomic mass is 10.1. The average molecular weight is 216 g/mol. The molecule has 0 radical (unpaired) electrons. The zero-order chi connectivity index (χ0) is 11.7. The summed E-state index contributed by atoms with van der Waals surface area (Å²) in [5.74, 6) is -0.123. The second-order valence-corrected chi connectivity index (χ2v) is 3.77. The zero-order valence-corrected chi connectivity index (χ0v) is 10.4. The number of carbonyl (C=O) groups is 1. The molecule has 0 aromatic carbocycles. The molecule has 0 fully saturated rings. The van der Waals surface area contributed by atoms with Crippen LogP contribution in [0.4, 0.5) is 0 Å². The molecule has 1 N–H and O–H groups in total. The van der Waals surface area contributed by atoms with E-state index in [0.717, 1.165) is 32.4 Å². The van der Waals surface area contributed by atoms with Crippen LogP contribution in [0.2, 0.25) is 0 Å². The number of esters is 1. The predicted molar refractivity (Wildman–Crippen MR) is 61.9 cm³/mol. The Bertz CT molecular complexity index is 174. The van der Waals surface area contributed by atoms with E-state index in [-0.39, 0.29) is 12.0 Å². The summed E-state index contributed by atoms with van der Waals surface area (Å²) in [5, 5.41) is 3.07. The summed E-state index contributed by atoms with van der Waals surface area (Å²) in [4.78, 5) is 13.6. The number of nitrogens with one attached hydrogen (secondary N) is 1. The van der Waals surface area contributed by atoms with Crippen LogP contribution in [0.25, 0.3) is 0 Å². The van der Waals surface area contributed by atoms with Crippen LogP contribution in [-0.2, 0) is 9.53 Å². The molecule has 4 nitrogen and oxygen atoms in total. The summed E-state index contributed by atoms with van der Waals surface area (Å²) < 4.78 is 4.81. The van der Waals surface area contributed by atoms with Gasteiger partial charge in [0.15, 0.2) is 0 Å². The topological polar surface area (TPSA) is 41.6 Å². The standard InChI is InChI=1S/C11H24N2O2/c1-5-6-7-10(11(14)15-4)13(3)9-8-12-2/h10,12H,5-9H2,1-4H3. The number of nitrogens with zero attached hydrogens (tertiary/aromatic N) is 1. The molecule has 0 saturated carbocycles. The van der Waals surface area contributed by atoms with Crippen molar-refractivity contribution in [1.82, 2.24) is 10.2 Å². The van der Waals surface area contributed by atoms with Gasteiger partial charge in [-0.3, -0.25) is 9.69 Å². The van der Waals surface area contributed by atoms with Crippen LogP contribution in [0.3, 0.4) is 0 Å². The number of unbranched alkanes of at least 4 members (excludes halogenated alkanes) is 1. The fourth-order valence-corrected chi connectivity index (χ4v) is 1.50. The van der Waals surface area contributed by atoms with Crippen LogP contribution in [0, 0.1) is 0 Å². The molecule has 90 valence electrons. The molecule has 0 aromatic heterocycles. The number of rotatable bonds is 8. The van der Waals surface area contributed by atoms with Crippen molar-refractivity contribution >= 4 is 5.97 Å². The molecular formula is C11H24N2O2. The molecule has 4 heteroatoms. The van der Waals surface area contributed by atoms with Crippen LogP contribution < -0.4 is 5.32 Å². The molecule has 0 aliphatic heterocycles. The van der Waals surface area contributed by atoms with E-state index in [4.69, 9.17) is 4.74 Å². The highest BCUT2D eigenvalue weighted by Gasteiger charge is 2.22. The molecule has 1 atom stereocenters. The Hall–Kier alpha value is -0.610. The third-order valence-corrected chi connectivity index (χ3v) is 2.55. The van der Waals surface area contributed by atoms with Crippen LogP contribution >= 0.6 is 0 Å². The Kier molecular flexibility index (Phi) is 8.33. The minimum absolute atomic E-state index is 0.0942. The summed E-state index contributed by atoms with van der Waals surface area (Å²) >= 11 is 0. The first kappa shape index (κ1) is 14.4. The van der Waals surface area contributed by atoms with Gasteiger partial charge in [0, 0.05) is 13.1 Å². The van der Waals surface area contributed by atoms with Gasteiger partial charge in [0.1, 0.15) is 6.04 Å². The van der Waals surface area contributed by atoms with Crippen molar-refractivity contribution in [3.05, 3.63) is 0 Å². The van der Waals surface area contributed by atoms with Crippen molar-refractivity contribution in [1.29, 1.82) is 0 Å². The van der Waals surface area contributed by atoms with E-state index in [1.165, 1.54) is 7.11 Å². The van der Waals surface area contributed by atoms with Gasteiger partial charge in [0.25, 0.3) is 0 Å². The summed E-state index contributed by atoms with van der Waals surface area (Å²) in [7, 11) is 5.33. The van der Waals surface area contributed by atoms with Crippen molar-refractivity contribution in [3.63, 3.8) is 0 Å². The highest BCUT2D eigenvalue weighted by molar-refractivity contribution is 5.75. The van der Waals surface area contributed by atoms with Gasteiger partial charge < -0.3 is 10.1 Å². The summed E-state index contributed by atoms with van der Waals surface area (Å²) in [5.41, 5.74) is 0. The minimum atomic E-state index is -0.123. The lowest BCUT2D eigenvalue weighted by Gasteiger charge is -2.25. The number of methoxy groups -OCH3 is 1. The number of carbonyl (C=O) groups excluding carboxylic acids is 1. The van der Waals surface area contributed by atoms with E-state index in [1.54, 1.807) is 0 Å². The maximum absolute atomic E-state index is 11.5. The molecule has 0 heterocycles. The third kappa shape index (κ3) is 5.74. The predicted octanol–water partition coefficient (Wildman–Crippen LogP) is 0.869. The van der Waals surface area contributed by atoms with Crippen LogP contribution in [0.5, 0.6) is 0 Å². The van der Waals surface area contributed by atoms with E-state index in [9.17, 15) is 4.79 Å². The Labute approximate surface area is 93.0 Å². The van der Waals surface area contributed by atoms with Gasteiger partial charge in [-0.15, -0.1) is 0 Å². The molecule has 0 spiro atoms. The van der Waals surface area contributed by atoms with Gasteiger partial charge in [-0.1, -0.05) is 19.8 Å². The van der Waals surface area contributed by atoms with Gasteiger partial charge in [-0.05, 0) is 20.5 Å². The Morgan fingerprint density at radius 2 is 2.20 bits per heavy atom. The van der Waals surface area contributed by atoms with Gasteiger partial charge in [-0.25, -0.2) is 0 Å². The molecule has 0 aliphatic carbocycles. The van der Waals surface area contributed by atoms with Crippen LogP contribution in [-0.4, -0.2) is 51.2 Å². The van der Waals surface area contributed by atoms with Crippen LogP contribution in [0.1, 0.15) is 26.2 Å². The largest absolute Gasteiger partial charge is 0.468 e. The van der Waals surface area contributed by atoms with Crippen LogP contribution in [0.15, 0.2) is 0 Å². The fourth-order valence-electron chi connectivity index (χ4n) is 1.50. The molecule has 15 heavy (non-hydrogen) atoms. The molecule has 0 amide bonds. The number of hydrogen-bond donors (Lipinski definition) is 1. The smallest absolute Gasteiger partial charge is 0.323 e. The van der Waals surface area contributed by atoms with E-state index >= 15 is 0 Å².